The Labute approximate surface area is 167 Å². The molecular weight excluding hydrogens is 356 g/mol. The normalized spacial score (nSPS) is 16.1. The number of ether oxygens (including phenoxy) is 2. The average Bonchev–Trinajstić information content (AvgIpc) is 3.22. The fourth-order valence-corrected chi connectivity index (χ4v) is 3.60. The zero-order valence-electron chi connectivity index (χ0n) is 15.9. The highest BCUT2D eigenvalue weighted by Crippen LogP contribution is 2.21. The van der Waals surface area contributed by atoms with Crippen molar-refractivity contribution in [3.63, 3.8) is 0 Å². The molecule has 144 valence electrons. The quantitative estimate of drug-likeness (QED) is 0.701. The summed E-state index contributed by atoms with van der Waals surface area (Å²) in [5.74, 6) is 0.891. The summed E-state index contributed by atoms with van der Waals surface area (Å²) < 4.78 is 11.4. The molecule has 1 N–H and O–H groups in total. The molecule has 0 saturated carbocycles. The second-order valence-corrected chi connectivity index (χ2v) is 7.18. The van der Waals surface area contributed by atoms with Gasteiger partial charge in [-0.2, -0.15) is 0 Å². The van der Waals surface area contributed by atoms with E-state index in [1.54, 1.807) is 7.11 Å². The Morgan fingerprint density at radius 3 is 2.70 bits per heavy atom. The average molecular weight is 385 g/mol. The van der Waals surface area contributed by atoms with Gasteiger partial charge in [0.25, 0.3) is 0 Å². The third-order valence-electron chi connectivity index (χ3n) is 4.82. The maximum atomic E-state index is 5.84. The van der Waals surface area contributed by atoms with Crippen LogP contribution in [0.4, 0.5) is 0 Å². The monoisotopic (exact) mass is 384 g/mol. The first-order valence-corrected chi connectivity index (χ1v) is 9.97. The Hall–Kier alpha value is -2.11. The Balaban J connectivity index is 1.62. The lowest BCUT2D eigenvalue weighted by atomic mass is 10.1. The van der Waals surface area contributed by atoms with Crippen molar-refractivity contribution in [1.82, 2.24) is 10.2 Å². The Morgan fingerprint density at radius 1 is 1.19 bits per heavy atom. The van der Waals surface area contributed by atoms with Crippen LogP contribution in [0.25, 0.3) is 0 Å². The summed E-state index contributed by atoms with van der Waals surface area (Å²) in [6.07, 6.45) is 3.41. The molecule has 5 heteroatoms. The highest BCUT2D eigenvalue weighted by Gasteiger charge is 2.21. The van der Waals surface area contributed by atoms with Crippen LogP contribution in [0.2, 0.25) is 0 Å². The number of nitrogens with zero attached hydrogens (tertiary/aromatic N) is 1. The summed E-state index contributed by atoms with van der Waals surface area (Å²) in [4.78, 5) is 2.20. The second-order valence-electron chi connectivity index (χ2n) is 6.79. The number of hydrogen-bond acceptors (Lipinski definition) is 3. The summed E-state index contributed by atoms with van der Waals surface area (Å²) in [6, 6.07) is 18.6. The fraction of sp³-hybridized carbons (Fsp3) is 0.409. The van der Waals surface area contributed by atoms with Crippen molar-refractivity contribution in [2.75, 3.05) is 26.8 Å². The molecule has 3 rings (SSSR count). The molecule has 1 atom stereocenters. The van der Waals surface area contributed by atoms with Crippen molar-refractivity contribution < 1.29 is 9.47 Å². The minimum Gasteiger partial charge on any atom is -0.496 e. The summed E-state index contributed by atoms with van der Waals surface area (Å²) in [7, 11) is 1.71. The molecule has 0 aromatic heterocycles. The van der Waals surface area contributed by atoms with Gasteiger partial charge >= 0.3 is 0 Å². The van der Waals surface area contributed by atoms with Gasteiger partial charge in [0, 0.05) is 31.8 Å². The number of thiocarbonyl (C=S) groups is 1. The van der Waals surface area contributed by atoms with Crippen LogP contribution in [-0.2, 0) is 17.7 Å². The standard InChI is InChI=1S/C22H28N2O2S/c1-25-21-12-6-5-10-19(21)16-24(17-20-11-7-15-26-20)22(27)23-14-13-18-8-3-2-4-9-18/h2-6,8-10,12,20H,7,11,13-17H2,1H3,(H,23,27). The zero-order valence-corrected chi connectivity index (χ0v) is 16.7. The molecule has 1 fully saturated rings. The molecule has 0 spiro atoms. The second kappa shape index (κ2) is 10.3. The van der Waals surface area contributed by atoms with E-state index in [0.29, 0.717) is 6.54 Å². The van der Waals surface area contributed by atoms with Gasteiger partial charge in [-0.25, -0.2) is 0 Å². The van der Waals surface area contributed by atoms with E-state index in [0.717, 1.165) is 55.4 Å². The molecule has 1 saturated heterocycles. The molecule has 2 aromatic rings. The first kappa shape index (κ1) is 19.6. The van der Waals surface area contributed by atoms with Crippen molar-refractivity contribution in [2.24, 2.45) is 0 Å². The predicted octanol–water partition coefficient (Wildman–Crippen LogP) is 3.79. The SMILES string of the molecule is COc1ccccc1CN(CC1CCCO1)C(=S)NCCc1ccccc1. The van der Waals surface area contributed by atoms with Crippen molar-refractivity contribution >= 4 is 17.3 Å². The molecule has 1 aliphatic rings. The highest BCUT2D eigenvalue weighted by molar-refractivity contribution is 7.80. The van der Waals surface area contributed by atoms with Crippen molar-refractivity contribution in [1.29, 1.82) is 0 Å². The molecule has 1 heterocycles. The number of hydrogen-bond donors (Lipinski definition) is 1. The molecule has 4 nitrogen and oxygen atoms in total. The van der Waals surface area contributed by atoms with Gasteiger partial charge in [0.05, 0.1) is 13.2 Å². The number of methoxy groups -OCH3 is 1. The zero-order chi connectivity index (χ0) is 18.9. The minimum absolute atomic E-state index is 0.244. The maximum Gasteiger partial charge on any atom is 0.169 e. The van der Waals surface area contributed by atoms with Crippen LogP contribution < -0.4 is 10.1 Å². The largest absolute Gasteiger partial charge is 0.496 e. The highest BCUT2D eigenvalue weighted by atomic mass is 32.1. The van der Waals surface area contributed by atoms with E-state index in [1.165, 1.54) is 5.56 Å². The van der Waals surface area contributed by atoms with E-state index in [4.69, 9.17) is 21.7 Å². The van der Waals surface area contributed by atoms with E-state index in [-0.39, 0.29) is 6.10 Å². The van der Waals surface area contributed by atoms with Crippen LogP contribution in [0.5, 0.6) is 5.75 Å². The lowest BCUT2D eigenvalue weighted by molar-refractivity contribution is 0.0896. The van der Waals surface area contributed by atoms with Gasteiger partial charge in [-0.05, 0) is 43.1 Å². The first-order chi connectivity index (χ1) is 13.3. The number of para-hydroxylation sites is 1. The number of nitrogens with one attached hydrogen (secondary N) is 1. The topological polar surface area (TPSA) is 33.7 Å². The minimum atomic E-state index is 0.244. The van der Waals surface area contributed by atoms with E-state index in [1.807, 2.05) is 24.3 Å². The smallest absolute Gasteiger partial charge is 0.169 e. The Bertz CT molecular complexity index is 717. The lowest BCUT2D eigenvalue weighted by Gasteiger charge is -2.29. The van der Waals surface area contributed by atoms with Crippen LogP contribution in [0.3, 0.4) is 0 Å². The first-order valence-electron chi connectivity index (χ1n) is 9.56. The van der Waals surface area contributed by atoms with E-state index >= 15 is 0 Å². The van der Waals surface area contributed by atoms with E-state index in [9.17, 15) is 0 Å². The lowest BCUT2D eigenvalue weighted by Crippen LogP contribution is -2.43. The summed E-state index contributed by atoms with van der Waals surface area (Å²) in [6.45, 7) is 3.18. The van der Waals surface area contributed by atoms with E-state index < -0.39 is 0 Å². The molecule has 2 aromatic carbocycles. The molecule has 0 aliphatic carbocycles. The molecule has 0 bridgehead atoms. The third-order valence-corrected chi connectivity index (χ3v) is 5.22. The number of rotatable bonds is 8. The van der Waals surface area contributed by atoms with Gasteiger partial charge in [-0.1, -0.05) is 48.5 Å². The Kier molecular flexibility index (Phi) is 7.48. The molecule has 1 unspecified atom stereocenters. The Morgan fingerprint density at radius 2 is 1.96 bits per heavy atom. The van der Waals surface area contributed by atoms with Crippen LogP contribution in [0.1, 0.15) is 24.0 Å². The van der Waals surface area contributed by atoms with Crippen LogP contribution in [-0.4, -0.2) is 42.9 Å². The fourth-order valence-electron chi connectivity index (χ4n) is 3.36. The predicted molar refractivity (Wildman–Crippen MR) is 113 cm³/mol. The van der Waals surface area contributed by atoms with Crippen LogP contribution >= 0.6 is 12.2 Å². The molecule has 1 aliphatic heterocycles. The van der Waals surface area contributed by atoms with Crippen molar-refractivity contribution in [2.45, 2.75) is 31.9 Å². The third kappa shape index (κ3) is 5.94. The van der Waals surface area contributed by atoms with Crippen LogP contribution in [0, 0.1) is 0 Å². The maximum absolute atomic E-state index is 5.84. The summed E-state index contributed by atoms with van der Waals surface area (Å²) in [5.41, 5.74) is 2.44. The van der Waals surface area contributed by atoms with Gasteiger partial charge in [-0.3, -0.25) is 0 Å². The van der Waals surface area contributed by atoms with Crippen molar-refractivity contribution in [3.8, 4) is 5.75 Å². The molecular formula is C22H28N2O2S. The summed E-state index contributed by atoms with van der Waals surface area (Å²) in [5, 5.41) is 4.19. The van der Waals surface area contributed by atoms with Gasteiger partial charge in [0.2, 0.25) is 0 Å². The van der Waals surface area contributed by atoms with Crippen LogP contribution in [0.15, 0.2) is 54.6 Å². The van der Waals surface area contributed by atoms with Gasteiger partial charge in [0.1, 0.15) is 5.75 Å². The van der Waals surface area contributed by atoms with E-state index in [2.05, 4.69) is 40.5 Å². The van der Waals surface area contributed by atoms with Crippen molar-refractivity contribution in [3.05, 3.63) is 65.7 Å². The van der Waals surface area contributed by atoms with Gasteiger partial charge < -0.3 is 19.7 Å². The molecule has 27 heavy (non-hydrogen) atoms. The molecule has 0 amide bonds. The number of benzene rings is 2. The molecule has 0 radical (unpaired) electrons. The summed E-state index contributed by atoms with van der Waals surface area (Å²) >= 11 is 5.72. The van der Waals surface area contributed by atoms with Gasteiger partial charge in [-0.15, -0.1) is 0 Å². The van der Waals surface area contributed by atoms with Gasteiger partial charge in [0.15, 0.2) is 5.11 Å².